The Morgan fingerprint density at radius 2 is 1.62 bits per heavy atom. The molecule has 1 atom stereocenters. The Morgan fingerprint density at radius 3 is 2.24 bits per heavy atom. The minimum atomic E-state index is -0.803. The number of aryl methyl sites for hydroxylation is 1. The Morgan fingerprint density at radius 1 is 0.941 bits per heavy atom. The molecule has 2 amide bonds. The Bertz CT molecular complexity index is 1140. The summed E-state index contributed by atoms with van der Waals surface area (Å²) in [6.07, 6.45) is 0.314. The van der Waals surface area contributed by atoms with Crippen molar-refractivity contribution in [3.8, 4) is 5.75 Å². The molecular formula is C26H25Cl3N2O3. The van der Waals surface area contributed by atoms with Gasteiger partial charge in [0.2, 0.25) is 5.91 Å². The molecule has 0 bridgehead atoms. The summed E-state index contributed by atoms with van der Waals surface area (Å²) in [6, 6.07) is 19.0. The van der Waals surface area contributed by atoms with Gasteiger partial charge in [0.15, 0.2) is 6.61 Å². The van der Waals surface area contributed by atoms with Crippen LogP contribution in [0.25, 0.3) is 0 Å². The normalized spacial score (nSPS) is 11.6. The molecule has 0 saturated heterocycles. The second kappa shape index (κ2) is 12.1. The predicted octanol–water partition coefficient (Wildman–Crippen LogP) is 5.72. The topological polar surface area (TPSA) is 58.6 Å². The lowest BCUT2D eigenvalue weighted by molar-refractivity contribution is -0.142. The summed E-state index contributed by atoms with van der Waals surface area (Å²) in [4.78, 5) is 27.9. The van der Waals surface area contributed by atoms with Gasteiger partial charge in [0, 0.05) is 40.6 Å². The molecule has 0 aliphatic heterocycles. The summed E-state index contributed by atoms with van der Waals surface area (Å²) < 4.78 is 5.75. The highest BCUT2D eigenvalue weighted by molar-refractivity contribution is 6.36. The van der Waals surface area contributed by atoms with Gasteiger partial charge in [0.1, 0.15) is 11.8 Å². The molecule has 0 aromatic heterocycles. The van der Waals surface area contributed by atoms with Gasteiger partial charge in [-0.15, -0.1) is 0 Å². The van der Waals surface area contributed by atoms with E-state index in [0.717, 1.165) is 11.1 Å². The molecule has 0 aliphatic rings. The average molecular weight is 520 g/mol. The zero-order chi connectivity index (χ0) is 24.7. The second-order valence-corrected chi connectivity index (χ2v) is 8.96. The van der Waals surface area contributed by atoms with Crippen molar-refractivity contribution in [1.82, 2.24) is 10.2 Å². The molecule has 5 nitrogen and oxygen atoms in total. The number of nitrogens with zero attached hydrogens (tertiary/aromatic N) is 1. The lowest BCUT2D eigenvalue weighted by atomic mass is 10.0. The molecule has 0 heterocycles. The van der Waals surface area contributed by atoms with Crippen LogP contribution < -0.4 is 10.1 Å². The fraction of sp³-hybridized carbons (Fsp3) is 0.231. The van der Waals surface area contributed by atoms with Crippen molar-refractivity contribution in [2.75, 3.05) is 13.7 Å². The summed E-state index contributed by atoms with van der Waals surface area (Å²) >= 11 is 18.9. The van der Waals surface area contributed by atoms with Gasteiger partial charge in [-0.1, -0.05) is 71.2 Å². The van der Waals surface area contributed by atoms with Crippen molar-refractivity contribution in [1.29, 1.82) is 0 Å². The van der Waals surface area contributed by atoms with Crippen molar-refractivity contribution in [2.24, 2.45) is 0 Å². The molecule has 0 saturated carbocycles. The number of ether oxygens (including phenoxy) is 1. The molecule has 3 rings (SSSR count). The van der Waals surface area contributed by atoms with Crippen LogP contribution >= 0.6 is 34.8 Å². The van der Waals surface area contributed by atoms with Crippen LogP contribution in [0.3, 0.4) is 0 Å². The molecule has 178 valence electrons. The lowest BCUT2D eigenvalue weighted by Crippen LogP contribution is -2.51. The summed E-state index contributed by atoms with van der Waals surface area (Å²) in [7, 11) is 1.54. The third-order valence-electron chi connectivity index (χ3n) is 5.40. The maximum atomic E-state index is 13.5. The van der Waals surface area contributed by atoms with Crippen molar-refractivity contribution >= 4 is 46.6 Å². The Hall–Kier alpha value is -2.73. The highest BCUT2D eigenvalue weighted by Gasteiger charge is 2.31. The lowest BCUT2D eigenvalue weighted by Gasteiger charge is -2.31. The summed E-state index contributed by atoms with van der Waals surface area (Å²) in [5, 5.41) is 4.10. The van der Waals surface area contributed by atoms with Gasteiger partial charge in [0.05, 0.1) is 0 Å². The molecule has 0 fully saturated rings. The number of hydrogen-bond donors (Lipinski definition) is 1. The highest BCUT2D eigenvalue weighted by atomic mass is 35.5. The van der Waals surface area contributed by atoms with Gasteiger partial charge in [0.25, 0.3) is 5.91 Å². The first-order chi connectivity index (χ1) is 16.3. The number of carbonyl (C=O) groups excluding carboxylic acids is 2. The number of hydrogen-bond acceptors (Lipinski definition) is 3. The smallest absolute Gasteiger partial charge is 0.261 e. The van der Waals surface area contributed by atoms with E-state index in [2.05, 4.69) is 5.32 Å². The molecule has 3 aromatic rings. The molecule has 0 radical (unpaired) electrons. The van der Waals surface area contributed by atoms with Crippen molar-refractivity contribution < 1.29 is 14.3 Å². The minimum absolute atomic E-state index is 0.0469. The molecule has 8 heteroatoms. The molecule has 34 heavy (non-hydrogen) atoms. The maximum Gasteiger partial charge on any atom is 0.261 e. The van der Waals surface area contributed by atoms with E-state index in [1.54, 1.807) is 43.4 Å². The van der Waals surface area contributed by atoms with Crippen LogP contribution in [0.1, 0.15) is 16.7 Å². The molecular weight excluding hydrogens is 495 g/mol. The number of benzene rings is 3. The molecule has 1 N–H and O–H groups in total. The maximum absolute atomic E-state index is 13.5. The number of halogens is 3. The van der Waals surface area contributed by atoms with Crippen LogP contribution in [-0.4, -0.2) is 36.4 Å². The third-order valence-corrected chi connectivity index (χ3v) is 6.53. The Balaban J connectivity index is 1.92. The quantitative estimate of drug-likeness (QED) is 0.393. The second-order valence-electron chi connectivity index (χ2n) is 7.74. The molecule has 0 aliphatic carbocycles. The van der Waals surface area contributed by atoms with Gasteiger partial charge in [-0.2, -0.15) is 0 Å². The third kappa shape index (κ3) is 6.66. The summed E-state index contributed by atoms with van der Waals surface area (Å²) in [5.41, 5.74) is 2.30. The van der Waals surface area contributed by atoms with E-state index in [1.165, 1.54) is 4.90 Å². The standard InChI is InChI=1S/C26H25Cl3N2O3/c1-17-13-19(11-12-21(17)27)34-16-25(32)31(15-20-22(28)9-6-10-23(20)29)24(26(33)30-2)14-18-7-4-3-5-8-18/h3-13,24H,14-16H2,1-2H3,(H,30,33)/t24-/m0/s1. The van der Waals surface area contributed by atoms with Crippen LogP contribution in [0.5, 0.6) is 5.75 Å². The first-order valence-electron chi connectivity index (χ1n) is 10.7. The van der Waals surface area contributed by atoms with E-state index in [0.29, 0.717) is 32.8 Å². The monoisotopic (exact) mass is 518 g/mol. The van der Waals surface area contributed by atoms with Crippen LogP contribution in [-0.2, 0) is 22.6 Å². The molecule has 0 unspecified atom stereocenters. The van der Waals surface area contributed by atoms with Crippen LogP contribution in [0.4, 0.5) is 0 Å². The molecule has 3 aromatic carbocycles. The number of amides is 2. The van der Waals surface area contributed by atoms with Gasteiger partial charge in [-0.3, -0.25) is 9.59 Å². The van der Waals surface area contributed by atoms with E-state index in [4.69, 9.17) is 39.5 Å². The van der Waals surface area contributed by atoms with E-state index in [1.807, 2.05) is 37.3 Å². The largest absolute Gasteiger partial charge is 0.484 e. The van der Waals surface area contributed by atoms with Crippen molar-refractivity contribution in [2.45, 2.75) is 25.9 Å². The first-order valence-corrected chi connectivity index (χ1v) is 11.8. The summed E-state index contributed by atoms with van der Waals surface area (Å²) in [6.45, 7) is 1.63. The fourth-order valence-electron chi connectivity index (χ4n) is 3.51. The van der Waals surface area contributed by atoms with Crippen molar-refractivity contribution in [3.63, 3.8) is 0 Å². The van der Waals surface area contributed by atoms with Crippen molar-refractivity contribution in [3.05, 3.63) is 98.5 Å². The van der Waals surface area contributed by atoms with E-state index in [9.17, 15) is 9.59 Å². The van der Waals surface area contributed by atoms with Crippen LogP contribution in [0.15, 0.2) is 66.7 Å². The zero-order valence-electron chi connectivity index (χ0n) is 18.9. The van der Waals surface area contributed by atoms with Gasteiger partial charge < -0.3 is 15.0 Å². The summed E-state index contributed by atoms with van der Waals surface area (Å²) in [5.74, 6) is -0.179. The van der Waals surface area contributed by atoms with Crippen LogP contribution in [0, 0.1) is 6.92 Å². The van der Waals surface area contributed by atoms with E-state index < -0.39 is 6.04 Å². The fourth-order valence-corrected chi connectivity index (χ4v) is 4.14. The highest BCUT2D eigenvalue weighted by Crippen LogP contribution is 2.27. The number of nitrogens with one attached hydrogen (secondary N) is 1. The van der Waals surface area contributed by atoms with E-state index >= 15 is 0 Å². The Labute approximate surface area is 214 Å². The molecule has 0 spiro atoms. The average Bonchev–Trinajstić information content (AvgIpc) is 2.83. The van der Waals surface area contributed by atoms with Gasteiger partial charge >= 0.3 is 0 Å². The SMILES string of the molecule is CNC(=O)[C@H](Cc1ccccc1)N(Cc1c(Cl)cccc1Cl)C(=O)COc1ccc(Cl)c(C)c1. The Kier molecular flexibility index (Phi) is 9.22. The number of rotatable bonds is 9. The van der Waals surface area contributed by atoms with Crippen LogP contribution in [0.2, 0.25) is 15.1 Å². The number of carbonyl (C=O) groups is 2. The van der Waals surface area contributed by atoms with Gasteiger partial charge in [-0.25, -0.2) is 0 Å². The predicted molar refractivity (Wildman–Crippen MR) is 137 cm³/mol. The van der Waals surface area contributed by atoms with E-state index in [-0.39, 0.29) is 25.0 Å². The first kappa shape index (κ1) is 25.9. The zero-order valence-corrected chi connectivity index (χ0v) is 21.1. The number of likely N-dealkylation sites (N-methyl/N-ethyl adjacent to an activating group) is 1. The minimum Gasteiger partial charge on any atom is -0.484 e. The van der Waals surface area contributed by atoms with Gasteiger partial charge in [-0.05, 0) is 48.4 Å².